The van der Waals surface area contributed by atoms with Gasteiger partial charge in [0.15, 0.2) is 10.9 Å². The molecule has 148 valence electrons. The van der Waals surface area contributed by atoms with Crippen LogP contribution in [-0.2, 0) is 10.0 Å². The van der Waals surface area contributed by atoms with Crippen molar-refractivity contribution < 1.29 is 22.4 Å². The number of hydrogen-bond donors (Lipinski definition) is 1. The quantitative estimate of drug-likeness (QED) is 0.679. The summed E-state index contributed by atoms with van der Waals surface area (Å²) in [6.45, 7) is 2.52. The van der Waals surface area contributed by atoms with Crippen LogP contribution in [0.15, 0.2) is 33.6 Å². The number of nitrogens with zero attached hydrogens (tertiary/aromatic N) is 2. The fourth-order valence-corrected chi connectivity index (χ4v) is 5.76. The molecule has 0 spiro atoms. The van der Waals surface area contributed by atoms with E-state index in [4.69, 9.17) is 9.15 Å². The third-order valence-electron chi connectivity index (χ3n) is 4.60. The molecule has 0 unspecified atom stereocenters. The minimum atomic E-state index is -3.65. The number of hydrogen-bond acceptors (Lipinski definition) is 7. The molecule has 1 fully saturated rings. The molecule has 2 aromatic heterocycles. The lowest BCUT2D eigenvalue weighted by molar-refractivity contribution is 0.0995. The van der Waals surface area contributed by atoms with Crippen LogP contribution in [0.25, 0.3) is 10.2 Å². The number of aromatic nitrogens is 1. The maximum absolute atomic E-state index is 12.7. The van der Waals surface area contributed by atoms with Crippen molar-refractivity contribution in [2.45, 2.75) is 24.7 Å². The largest absolute Gasteiger partial charge is 0.494 e. The molecule has 1 aliphatic heterocycles. The van der Waals surface area contributed by atoms with Crippen LogP contribution in [0.4, 0.5) is 5.13 Å². The van der Waals surface area contributed by atoms with Crippen LogP contribution in [0.3, 0.4) is 0 Å². The van der Waals surface area contributed by atoms with Crippen LogP contribution in [0.2, 0.25) is 0 Å². The van der Waals surface area contributed by atoms with Gasteiger partial charge in [-0.1, -0.05) is 17.4 Å². The van der Waals surface area contributed by atoms with Crippen molar-refractivity contribution >= 4 is 42.6 Å². The molecular formula is C18H19N3O5S2. The van der Waals surface area contributed by atoms with Gasteiger partial charge in [-0.25, -0.2) is 13.4 Å². The molecule has 0 atom stereocenters. The van der Waals surface area contributed by atoms with Crippen molar-refractivity contribution in [3.63, 3.8) is 0 Å². The Hall–Kier alpha value is -2.43. The van der Waals surface area contributed by atoms with Crippen molar-refractivity contribution in [3.8, 4) is 5.75 Å². The number of carbonyl (C=O) groups excluding carboxylic acids is 1. The molecule has 3 heterocycles. The molecule has 3 aromatic rings. The van der Waals surface area contributed by atoms with Crippen molar-refractivity contribution in [3.05, 3.63) is 35.8 Å². The molecule has 0 radical (unpaired) electrons. The number of fused-ring (bicyclic) bond motifs is 1. The van der Waals surface area contributed by atoms with E-state index in [1.807, 2.05) is 12.1 Å². The van der Waals surface area contributed by atoms with E-state index in [2.05, 4.69) is 10.3 Å². The molecule has 8 nitrogen and oxygen atoms in total. The van der Waals surface area contributed by atoms with Gasteiger partial charge in [0.1, 0.15) is 21.9 Å². The molecule has 28 heavy (non-hydrogen) atoms. The van der Waals surface area contributed by atoms with Gasteiger partial charge >= 0.3 is 0 Å². The molecule has 0 saturated carbocycles. The molecule has 4 rings (SSSR count). The standard InChI is InChI=1S/C18H19N3O5S2/c1-11-15(28(23,24)21-8-3-4-9-21)10-13(26-11)17(22)20-18-19-16-12(25-2)6-5-7-14(16)27-18/h5-7,10H,3-4,8-9H2,1-2H3,(H,19,20,22). The van der Waals surface area contributed by atoms with Crippen LogP contribution in [0.5, 0.6) is 5.75 Å². The Morgan fingerprint density at radius 3 is 2.79 bits per heavy atom. The van der Waals surface area contributed by atoms with Crippen molar-refractivity contribution in [2.24, 2.45) is 0 Å². The first-order chi connectivity index (χ1) is 13.4. The molecular weight excluding hydrogens is 402 g/mol. The summed E-state index contributed by atoms with van der Waals surface area (Å²) in [6, 6.07) is 6.80. The maximum Gasteiger partial charge on any atom is 0.293 e. The Kier molecular flexibility index (Phi) is 4.86. The van der Waals surface area contributed by atoms with Crippen molar-refractivity contribution in [2.75, 3.05) is 25.5 Å². The molecule has 0 aliphatic carbocycles. The van der Waals surface area contributed by atoms with Crippen molar-refractivity contribution in [1.29, 1.82) is 0 Å². The van der Waals surface area contributed by atoms with E-state index in [0.29, 0.717) is 29.5 Å². The van der Waals surface area contributed by atoms with Gasteiger partial charge in [-0.05, 0) is 31.9 Å². The molecule has 1 saturated heterocycles. The number of para-hydroxylation sites is 1. The van der Waals surface area contributed by atoms with Crippen LogP contribution in [0.1, 0.15) is 29.2 Å². The number of furan rings is 1. The SMILES string of the molecule is COc1cccc2sc(NC(=O)c3cc(S(=O)(=O)N4CCCC4)c(C)o3)nc12. The second kappa shape index (κ2) is 7.19. The van der Waals surface area contributed by atoms with E-state index in [-0.39, 0.29) is 16.4 Å². The normalized spacial score (nSPS) is 15.2. The fraction of sp³-hybridized carbons (Fsp3) is 0.333. The fourth-order valence-electron chi connectivity index (χ4n) is 3.20. The highest BCUT2D eigenvalue weighted by molar-refractivity contribution is 7.89. The number of aryl methyl sites for hydroxylation is 1. The summed E-state index contributed by atoms with van der Waals surface area (Å²) >= 11 is 1.30. The Balaban J connectivity index is 1.59. The Morgan fingerprint density at radius 2 is 2.07 bits per heavy atom. The van der Waals surface area contributed by atoms with E-state index in [1.165, 1.54) is 21.7 Å². The average molecular weight is 422 g/mol. The third kappa shape index (κ3) is 3.27. The molecule has 1 amide bonds. The number of benzene rings is 1. The summed E-state index contributed by atoms with van der Waals surface area (Å²) < 4.78 is 38.5. The summed E-state index contributed by atoms with van der Waals surface area (Å²) in [4.78, 5) is 17.0. The second-order valence-corrected chi connectivity index (χ2v) is 9.36. The van der Waals surface area contributed by atoms with E-state index >= 15 is 0 Å². The maximum atomic E-state index is 12.7. The predicted octanol–water partition coefficient (Wildman–Crippen LogP) is 3.24. The summed E-state index contributed by atoms with van der Waals surface area (Å²) in [5.74, 6) is 0.190. The van der Waals surface area contributed by atoms with E-state index in [9.17, 15) is 13.2 Å². The second-order valence-electron chi connectivity index (χ2n) is 6.42. The first-order valence-electron chi connectivity index (χ1n) is 8.75. The topological polar surface area (TPSA) is 102 Å². The lowest BCUT2D eigenvalue weighted by Crippen LogP contribution is -2.28. The Bertz CT molecular complexity index is 1140. The number of sulfonamides is 1. The first-order valence-corrected chi connectivity index (χ1v) is 11.0. The lowest BCUT2D eigenvalue weighted by Gasteiger charge is -2.14. The number of amides is 1. The number of nitrogens with one attached hydrogen (secondary N) is 1. The lowest BCUT2D eigenvalue weighted by atomic mass is 10.3. The predicted molar refractivity (Wildman–Crippen MR) is 106 cm³/mol. The van der Waals surface area contributed by atoms with Gasteiger partial charge < -0.3 is 9.15 Å². The van der Waals surface area contributed by atoms with E-state index < -0.39 is 15.9 Å². The number of methoxy groups -OCH3 is 1. The van der Waals surface area contributed by atoms with Crippen LogP contribution < -0.4 is 10.1 Å². The minimum Gasteiger partial charge on any atom is -0.494 e. The third-order valence-corrected chi connectivity index (χ3v) is 7.54. The van der Waals surface area contributed by atoms with Gasteiger partial charge in [-0.15, -0.1) is 0 Å². The van der Waals surface area contributed by atoms with Gasteiger partial charge in [0.25, 0.3) is 5.91 Å². The molecule has 10 heteroatoms. The summed E-state index contributed by atoms with van der Waals surface area (Å²) in [5, 5.41) is 3.05. The highest BCUT2D eigenvalue weighted by Crippen LogP contribution is 2.33. The Morgan fingerprint density at radius 1 is 1.32 bits per heavy atom. The monoisotopic (exact) mass is 421 g/mol. The highest BCUT2D eigenvalue weighted by Gasteiger charge is 2.31. The minimum absolute atomic E-state index is 0.0329. The highest BCUT2D eigenvalue weighted by atomic mass is 32.2. The molecule has 1 N–H and O–H groups in total. The number of thiazole rings is 1. The van der Waals surface area contributed by atoms with E-state index in [0.717, 1.165) is 17.5 Å². The van der Waals surface area contributed by atoms with Gasteiger partial charge in [0.2, 0.25) is 10.0 Å². The number of carbonyl (C=O) groups is 1. The summed E-state index contributed by atoms with van der Waals surface area (Å²) in [6.07, 6.45) is 1.68. The van der Waals surface area contributed by atoms with Gasteiger partial charge in [0.05, 0.1) is 11.8 Å². The Labute approximate surface area is 166 Å². The first kappa shape index (κ1) is 18.9. The number of rotatable bonds is 5. The van der Waals surface area contributed by atoms with Gasteiger partial charge in [0, 0.05) is 19.2 Å². The zero-order valence-electron chi connectivity index (χ0n) is 15.4. The van der Waals surface area contributed by atoms with Crippen LogP contribution >= 0.6 is 11.3 Å². The average Bonchev–Trinajstić information content (AvgIpc) is 3.40. The van der Waals surface area contributed by atoms with E-state index in [1.54, 1.807) is 20.1 Å². The number of ether oxygens (including phenoxy) is 1. The number of anilines is 1. The van der Waals surface area contributed by atoms with Gasteiger partial charge in [-0.2, -0.15) is 4.31 Å². The van der Waals surface area contributed by atoms with Gasteiger partial charge in [-0.3, -0.25) is 10.1 Å². The zero-order chi connectivity index (χ0) is 19.9. The zero-order valence-corrected chi connectivity index (χ0v) is 17.0. The summed E-state index contributed by atoms with van der Waals surface area (Å²) in [5.41, 5.74) is 0.651. The molecule has 1 aliphatic rings. The van der Waals surface area contributed by atoms with Crippen LogP contribution in [-0.4, -0.2) is 43.8 Å². The summed E-state index contributed by atoms with van der Waals surface area (Å²) in [7, 11) is -2.10. The molecule has 1 aromatic carbocycles. The molecule has 0 bridgehead atoms. The van der Waals surface area contributed by atoms with Crippen molar-refractivity contribution in [1.82, 2.24) is 9.29 Å². The smallest absolute Gasteiger partial charge is 0.293 e. The van der Waals surface area contributed by atoms with Crippen LogP contribution in [0, 0.1) is 6.92 Å².